The molecule has 0 aliphatic heterocycles. The number of aromatic nitrogens is 1. The normalized spacial score (nSPS) is 11.5. The summed E-state index contributed by atoms with van der Waals surface area (Å²) in [5.41, 5.74) is 2.67. The largest absolute Gasteiger partial charge is 0.497 e. The van der Waals surface area contributed by atoms with Gasteiger partial charge in [0.1, 0.15) is 11.5 Å². The molecule has 6 nitrogen and oxygen atoms in total. The number of methoxy groups -OCH3 is 1. The summed E-state index contributed by atoms with van der Waals surface area (Å²) in [5, 5.41) is 1.31. The van der Waals surface area contributed by atoms with Crippen LogP contribution in [0.2, 0.25) is 5.02 Å². The number of ketones is 1. The molecule has 0 bridgehead atoms. The summed E-state index contributed by atoms with van der Waals surface area (Å²) in [6, 6.07) is 12.1. The smallest absolute Gasteiger partial charge is 0.306 e. The SMILES string of the molecule is COc1ccc2c(c1)c(CC(=O)CCC(=O)OCCC(C)(C)C)c(C)n2C(=O)c1ccc(Cl)cc1. The van der Waals surface area contributed by atoms with E-state index in [2.05, 4.69) is 20.8 Å². The van der Waals surface area contributed by atoms with Crippen LogP contribution in [0.5, 0.6) is 5.75 Å². The maximum Gasteiger partial charge on any atom is 0.306 e. The zero-order valence-electron chi connectivity index (χ0n) is 20.9. The topological polar surface area (TPSA) is 74.6 Å². The second-order valence-corrected chi connectivity index (χ2v) is 10.3. The van der Waals surface area contributed by atoms with Crippen LogP contribution in [-0.2, 0) is 20.7 Å². The third-order valence-electron chi connectivity index (χ3n) is 5.93. The Bertz CT molecular complexity index is 1230. The van der Waals surface area contributed by atoms with Crippen LogP contribution in [0.3, 0.4) is 0 Å². The molecule has 0 fully saturated rings. The summed E-state index contributed by atoms with van der Waals surface area (Å²) in [6.45, 7) is 8.40. The highest BCUT2D eigenvalue weighted by atomic mass is 35.5. The Morgan fingerprint density at radius 1 is 1.00 bits per heavy atom. The lowest BCUT2D eigenvalue weighted by Crippen LogP contribution is -2.15. The zero-order chi connectivity index (χ0) is 25.8. The van der Waals surface area contributed by atoms with Crippen LogP contribution in [0.15, 0.2) is 42.5 Å². The number of Topliss-reactive ketones (excluding diaryl/α,β-unsaturated/α-hetero) is 1. The van der Waals surface area contributed by atoms with Gasteiger partial charge in [-0.05, 0) is 66.8 Å². The van der Waals surface area contributed by atoms with Crippen LogP contribution in [0.25, 0.3) is 10.9 Å². The molecule has 0 saturated heterocycles. The summed E-state index contributed by atoms with van der Waals surface area (Å²) >= 11 is 5.98. The van der Waals surface area contributed by atoms with E-state index in [9.17, 15) is 14.4 Å². The van der Waals surface area contributed by atoms with Gasteiger partial charge in [-0.1, -0.05) is 32.4 Å². The maximum absolute atomic E-state index is 13.4. The van der Waals surface area contributed by atoms with Crippen molar-refractivity contribution in [1.29, 1.82) is 0 Å². The van der Waals surface area contributed by atoms with E-state index in [0.29, 0.717) is 34.2 Å². The number of hydrogen-bond donors (Lipinski definition) is 0. The highest BCUT2D eigenvalue weighted by Gasteiger charge is 2.22. The monoisotopic (exact) mass is 497 g/mol. The molecule has 186 valence electrons. The van der Waals surface area contributed by atoms with Gasteiger partial charge < -0.3 is 9.47 Å². The van der Waals surface area contributed by atoms with Gasteiger partial charge in [0.15, 0.2) is 0 Å². The van der Waals surface area contributed by atoms with Crippen molar-refractivity contribution in [2.24, 2.45) is 5.41 Å². The number of rotatable bonds is 9. The number of esters is 1. The minimum Gasteiger partial charge on any atom is -0.497 e. The third kappa shape index (κ3) is 6.73. The highest BCUT2D eigenvalue weighted by molar-refractivity contribution is 6.30. The Labute approximate surface area is 211 Å². The van der Waals surface area contributed by atoms with Gasteiger partial charge in [0.25, 0.3) is 5.91 Å². The molecule has 0 unspecified atom stereocenters. The molecule has 0 radical (unpaired) electrons. The van der Waals surface area contributed by atoms with Gasteiger partial charge in [-0.25, -0.2) is 0 Å². The molecule has 0 saturated carbocycles. The first-order valence-corrected chi connectivity index (χ1v) is 12.0. The van der Waals surface area contributed by atoms with Crippen LogP contribution in [0.1, 0.15) is 61.6 Å². The Balaban J connectivity index is 1.82. The minimum atomic E-state index is -0.374. The molecule has 1 aromatic heterocycles. The zero-order valence-corrected chi connectivity index (χ0v) is 21.7. The van der Waals surface area contributed by atoms with Gasteiger partial charge in [0, 0.05) is 34.5 Å². The lowest BCUT2D eigenvalue weighted by atomic mass is 9.93. The Morgan fingerprint density at radius 3 is 2.31 bits per heavy atom. The number of nitrogens with zero attached hydrogens (tertiary/aromatic N) is 1. The van der Waals surface area contributed by atoms with Crippen molar-refractivity contribution in [3.8, 4) is 5.75 Å². The van der Waals surface area contributed by atoms with Gasteiger partial charge >= 0.3 is 5.97 Å². The summed E-state index contributed by atoms with van der Waals surface area (Å²) < 4.78 is 12.3. The van der Waals surface area contributed by atoms with E-state index in [4.69, 9.17) is 21.1 Å². The first kappa shape index (κ1) is 26.5. The molecule has 3 rings (SSSR count). The van der Waals surface area contributed by atoms with Gasteiger partial charge in [-0.3, -0.25) is 19.0 Å². The molecule has 35 heavy (non-hydrogen) atoms. The molecular formula is C28H32ClNO5. The van der Waals surface area contributed by atoms with E-state index in [-0.39, 0.29) is 42.3 Å². The molecule has 0 amide bonds. The molecule has 1 heterocycles. The average molecular weight is 498 g/mol. The standard InChI is InChI=1S/C28H32ClNO5/c1-18-23(16-21(31)10-13-26(32)35-15-14-28(2,3)4)24-17-22(34-5)11-12-25(24)30(18)27(33)19-6-8-20(29)9-7-19/h6-9,11-12,17H,10,13-16H2,1-5H3. The van der Waals surface area contributed by atoms with Crippen LogP contribution >= 0.6 is 11.6 Å². The number of carbonyl (C=O) groups excluding carboxylic acids is 3. The molecule has 0 aliphatic carbocycles. The fraction of sp³-hybridized carbons (Fsp3) is 0.393. The van der Waals surface area contributed by atoms with Crippen molar-refractivity contribution < 1.29 is 23.9 Å². The van der Waals surface area contributed by atoms with Crippen LogP contribution < -0.4 is 4.74 Å². The second-order valence-electron chi connectivity index (χ2n) is 9.84. The van der Waals surface area contributed by atoms with Gasteiger partial charge in [-0.2, -0.15) is 0 Å². The Kier molecular flexibility index (Phi) is 8.39. The van der Waals surface area contributed by atoms with Crippen molar-refractivity contribution >= 4 is 40.2 Å². The minimum absolute atomic E-state index is 0.0354. The van der Waals surface area contributed by atoms with Gasteiger partial charge in [-0.15, -0.1) is 0 Å². The quantitative estimate of drug-likeness (QED) is 0.330. The number of benzene rings is 2. The summed E-state index contributed by atoms with van der Waals surface area (Å²) in [7, 11) is 1.57. The van der Waals surface area contributed by atoms with Crippen molar-refractivity contribution in [2.75, 3.05) is 13.7 Å². The van der Waals surface area contributed by atoms with Gasteiger partial charge in [0.05, 0.1) is 25.7 Å². The number of carbonyl (C=O) groups is 3. The fourth-order valence-electron chi connectivity index (χ4n) is 3.87. The van der Waals surface area contributed by atoms with E-state index in [0.717, 1.165) is 17.4 Å². The predicted molar refractivity (Wildman–Crippen MR) is 137 cm³/mol. The van der Waals surface area contributed by atoms with E-state index in [1.807, 2.05) is 19.1 Å². The number of hydrogen-bond acceptors (Lipinski definition) is 5. The molecule has 2 aromatic carbocycles. The number of ether oxygens (including phenoxy) is 2. The van der Waals surface area contributed by atoms with Crippen LogP contribution in [0.4, 0.5) is 0 Å². The maximum atomic E-state index is 13.4. The van der Waals surface area contributed by atoms with E-state index in [1.54, 1.807) is 42.0 Å². The first-order chi connectivity index (χ1) is 16.5. The summed E-state index contributed by atoms with van der Waals surface area (Å²) in [6.07, 6.45) is 0.976. The van der Waals surface area contributed by atoms with Gasteiger partial charge in [0.2, 0.25) is 0 Å². The number of fused-ring (bicyclic) bond motifs is 1. The van der Waals surface area contributed by atoms with Crippen LogP contribution in [-0.4, -0.2) is 35.9 Å². The molecule has 7 heteroatoms. The van der Waals surface area contributed by atoms with Crippen molar-refractivity contribution in [3.05, 3.63) is 64.3 Å². The molecule has 3 aromatic rings. The van der Waals surface area contributed by atoms with E-state index >= 15 is 0 Å². The van der Waals surface area contributed by atoms with Crippen LogP contribution in [0, 0.1) is 12.3 Å². The third-order valence-corrected chi connectivity index (χ3v) is 6.19. The molecule has 0 atom stereocenters. The second kappa shape index (κ2) is 11.1. The number of halogens is 1. The van der Waals surface area contributed by atoms with Crippen molar-refractivity contribution in [3.63, 3.8) is 0 Å². The van der Waals surface area contributed by atoms with Crippen molar-refractivity contribution in [1.82, 2.24) is 4.57 Å². The van der Waals surface area contributed by atoms with Crippen molar-refractivity contribution in [2.45, 2.75) is 53.4 Å². The summed E-state index contributed by atoms with van der Waals surface area (Å²) in [4.78, 5) is 38.3. The molecule has 0 spiro atoms. The lowest BCUT2D eigenvalue weighted by molar-refractivity contribution is -0.145. The molecule has 0 aliphatic rings. The predicted octanol–water partition coefficient (Wildman–Crippen LogP) is 6.17. The Morgan fingerprint density at radius 2 is 1.69 bits per heavy atom. The highest BCUT2D eigenvalue weighted by Crippen LogP contribution is 2.31. The summed E-state index contributed by atoms with van der Waals surface area (Å²) in [5.74, 6) is -0.0526. The van der Waals surface area contributed by atoms with E-state index < -0.39 is 0 Å². The molecule has 0 N–H and O–H groups in total. The average Bonchev–Trinajstić information content (AvgIpc) is 3.07. The van der Waals surface area contributed by atoms with E-state index in [1.165, 1.54) is 0 Å². The fourth-order valence-corrected chi connectivity index (χ4v) is 3.99. The lowest BCUT2D eigenvalue weighted by Gasteiger charge is -2.17. The molecular weight excluding hydrogens is 466 g/mol. The Hall–Kier alpha value is -3.12. The first-order valence-electron chi connectivity index (χ1n) is 11.7.